The zero-order chi connectivity index (χ0) is 18.1. The summed E-state index contributed by atoms with van der Waals surface area (Å²) in [5.41, 5.74) is 0.258. The second-order valence-electron chi connectivity index (χ2n) is 7.86. The Balaban J connectivity index is 1.36. The molecule has 3 fully saturated rings. The van der Waals surface area contributed by atoms with Gasteiger partial charge in [0, 0.05) is 32.2 Å². The zero-order valence-corrected chi connectivity index (χ0v) is 15.0. The Labute approximate surface area is 153 Å². The average molecular weight is 359 g/mol. The van der Waals surface area contributed by atoms with Gasteiger partial charge in [-0.15, -0.1) is 0 Å². The Morgan fingerprint density at radius 2 is 1.88 bits per heavy atom. The van der Waals surface area contributed by atoms with Crippen LogP contribution >= 0.6 is 0 Å². The molecule has 140 valence electrons. The molecular weight excluding hydrogens is 333 g/mol. The maximum absolute atomic E-state index is 13.7. The lowest BCUT2D eigenvalue weighted by Gasteiger charge is -2.46. The van der Waals surface area contributed by atoms with Gasteiger partial charge in [0.25, 0.3) is 0 Å². The highest BCUT2D eigenvalue weighted by atomic mass is 19.1. The summed E-state index contributed by atoms with van der Waals surface area (Å²) < 4.78 is 13.7. The summed E-state index contributed by atoms with van der Waals surface area (Å²) in [6.07, 6.45) is 4.77. The van der Waals surface area contributed by atoms with E-state index in [1.54, 1.807) is 6.07 Å². The second-order valence-corrected chi connectivity index (χ2v) is 7.86. The van der Waals surface area contributed by atoms with Gasteiger partial charge < -0.3 is 10.2 Å². The maximum Gasteiger partial charge on any atom is 0.234 e. The second kappa shape index (κ2) is 6.99. The van der Waals surface area contributed by atoms with Crippen LogP contribution in [0.1, 0.15) is 37.7 Å². The standard InChI is InChI=1S/C20H26FN3O2/c21-16-4-1-3-15(13-16)20(7-2-8-20)19(26)24-11-9-23(10-12-24)14-18(25)22-17-5-6-17/h1,3-4,13,17H,2,5-12,14H2,(H,22,25). The van der Waals surface area contributed by atoms with Gasteiger partial charge in [0.1, 0.15) is 5.82 Å². The van der Waals surface area contributed by atoms with Gasteiger partial charge in [0.2, 0.25) is 11.8 Å². The van der Waals surface area contributed by atoms with Crippen molar-refractivity contribution in [1.82, 2.24) is 15.1 Å². The first-order chi connectivity index (χ1) is 12.6. The van der Waals surface area contributed by atoms with E-state index in [9.17, 15) is 14.0 Å². The van der Waals surface area contributed by atoms with Gasteiger partial charge in [-0.05, 0) is 43.4 Å². The first-order valence-corrected chi connectivity index (χ1v) is 9.64. The minimum atomic E-state index is -0.548. The highest BCUT2D eigenvalue weighted by Gasteiger charge is 2.48. The van der Waals surface area contributed by atoms with Gasteiger partial charge in [0.15, 0.2) is 0 Å². The van der Waals surface area contributed by atoms with Gasteiger partial charge in [0.05, 0.1) is 12.0 Å². The van der Waals surface area contributed by atoms with Crippen molar-refractivity contribution in [3.63, 3.8) is 0 Å². The number of carbonyl (C=O) groups is 2. The first kappa shape index (κ1) is 17.5. The molecule has 0 radical (unpaired) electrons. The van der Waals surface area contributed by atoms with Crippen LogP contribution in [0.4, 0.5) is 4.39 Å². The summed E-state index contributed by atoms with van der Waals surface area (Å²) in [6.45, 7) is 3.10. The van der Waals surface area contributed by atoms with Crippen LogP contribution in [0.3, 0.4) is 0 Å². The zero-order valence-electron chi connectivity index (χ0n) is 15.0. The van der Waals surface area contributed by atoms with Gasteiger partial charge in [-0.1, -0.05) is 18.6 Å². The number of rotatable bonds is 5. The van der Waals surface area contributed by atoms with Crippen LogP contribution in [0.2, 0.25) is 0 Å². The molecule has 2 aliphatic carbocycles. The number of hydrogen-bond donors (Lipinski definition) is 1. The Morgan fingerprint density at radius 3 is 2.46 bits per heavy atom. The molecule has 4 rings (SSSR count). The number of nitrogens with one attached hydrogen (secondary N) is 1. The van der Waals surface area contributed by atoms with Crippen LogP contribution in [0.15, 0.2) is 24.3 Å². The van der Waals surface area contributed by atoms with Crippen LogP contribution in [0.25, 0.3) is 0 Å². The fourth-order valence-electron chi connectivity index (χ4n) is 4.06. The molecule has 0 spiro atoms. The number of nitrogens with zero attached hydrogens (tertiary/aromatic N) is 2. The molecule has 6 heteroatoms. The van der Waals surface area contributed by atoms with Crippen molar-refractivity contribution in [1.29, 1.82) is 0 Å². The van der Waals surface area contributed by atoms with Crippen molar-refractivity contribution in [3.05, 3.63) is 35.6 Å². The Hall–Kier alpha value is -1.95. The molecule has 26 heavy (non-hydrogen) atoms. The third-order valence-corrected chi connectivity index (χ3v) is 5.96. The van der Waals surface area contributed by atoms with Crippen LogP contribution in [0, 0.1) is 5.82 Å². The van der Waals surface area contributed by atoms with E-state index in [4.69, 9.17) is 0 Å². The van der Waals surface area contributed by atoms with Crippen molar-refractivity contribution in [2.45, 2.75) is 43.6 Å². The lowest BCUT2D eigenvalue weighted by atomic mass is 9.63. The van der Waals surface area contributed by atoms with Gasteiger partial charge in [-0.3, -0.25) is 14.5 Å². The molecule has 0 bridgehead atoms. The molecule has 0 atom stereocenters. The summed E-state index contributed by atoms with van der Waals surface area (Å²) >= 11 is 0. The fourth-order valence-corrected chi connectivity index (χ4v) is 4.06. The van der Waals surface area contributed by atoms with Crippen molar-refractivity contribution in [2.75, 3.05) is 32.7 Å². The number of amides is 2. The Kier molecular flexibility index (Phi) is 4.69. The molecule has 3 aliphatic rings. The molecular formula is C20H26FN3O2. The molecule has 1 saturated heterocycles. The number of carbonyl (C=O) groups excluding carboxylic acids is 2. The minimum absolute atomic E-state index is 0.0856. The van der Waals surface area contributed by atoms with Gasteiger partial charge in [-0.2, -0.15) is 0 Å². The van der Waals surface area contributed by atoms with E-state index in [2.05, 4.69) is 10.2 Å². The highest BCUT2D eigenvalue weighted by Crippen LogP contribution is 2.45. The molecule has 0 unspecified atom stereocenters. The van der Waals surface area contributed by atoms with E-state index in [1.165, 1.54) is 12.1 Å². The maximum atomic E-state index is 13.7. The van der Waals surface area contributed by atoms with E-state index >= 15 is 0 Å². The van der Waals surface area contributed by atoms with Crippen LogP contribution in [-0.4, -0.2) is 60.4 Å². The van der Waals surface area contributed by atoms with E-state index in [1.807, 2.05) is 11.0 Å². The summed E-state index contributed by atoms with van der Waals surface area (Å²) in [7, 11) is 0. The highest BCUT2D eigenvalue weighted by molar-refractivity contribution is 5.89. The molecule has 1 aromatic carbocycles. The van der Waals surface area contributed by atoms with E-state index in [0.29, 0.717) is 38.8 Å². The fraction of sp³-hybridized carbons (Fsp3) is 0.600. The van der Waals surface area contributed by atoms with Crippen LogP contribution in [-0.2, 0) is 15.0 Å². The minimum Gasteiger partial charge on any atom is -0.352 e. The molecule has 1 aromatic rings. The molecule has 1 N–H and O–H groups in total. The quantitative estimate of drug-likeness (QED) is 0.870. The molecule has 2 saturated carbocycles. The predicted molar refractivity (Wildman–Crippen MR) is 96.1 cm³/mol. The molecule has 5 nitrogen and oxygen atoms in total. The van der Waals surface area contributed by atoms with Crippen molar-refractivity contribution < 1.29 is 14.0 Å². The van der Waals surface area contributed by atoms with Gasteiger partial charge >= 0.3 is 0 Å². The van der Waals surface area contributed by atoms with E-state index < -0.39 is 5.41 Å². The lowest BCUT2D eigenvalue weighted by Crippen LogP contribution is -2.57. The molecule has 1 aliphatic heterocycles. The molecule has 1 heterocycles. The molecule has 2 amide bonds. The van der Waals surface area contributed by atoms with Crippen molar-refractivity contribution >= 4 is 11.8 Å². The van der Waals surface area contributed by atoms with Gasteiger partial charge in [-0.25, -0.2) is 4.39 Å². The SMILES string of the molecule is O=C(CN1CCN(C(=O)C2(c3cccc(F)c3)CCC2)CC1)NC1CC1. The monoisotopic (exact) mass is 359 g/mol. The topological polar surface area (TPSA) is 52.7 Å². The Bertz CT molecular complexity index is 692. The van der Waals surface area contributed by atoms with Crippen molar-refractivity contribution in [2.24, 2.45) is 0 Å². The largest absolute Gasteiger partial charge is 0.352 e. The van der Waals surface area contributed by atoms with Crippen LogP contribution in [0.5, 0.6) is 0 Å². The predicted octanol–water partition coefficient (Wildman–Crippen LogP) is 1.67. The summed E-state index contributed by atoms with van der Waals surface area (Å²) in [5.74, 6) is -0.0769. The molecule has 0 aromatic heterocycles. The number of benzene rings is 1. The number of piperazine rings is 1. The van der Waals surface area contributed by atoms with E-state index in [0.717, 1.165) is 37.7 Å². The summed E-state index contributed by atoms with van der Waals surface area (Å²) in [6, 6.07) is 6.88. The summed E-state index contributed by atoms with van der Waals surface area (Å²) in [5, 5.41) is 3.01. The normalized spacial score (nSPS) is 22.6. The van der Waals surface area contributed by atoms with E-state index in [-0.39, 0.29) is 17.6 Å². The third kappa shape index (κ3) is 3.47. The van der Waals surface area contributed by atoms with Crippen LogP contribution < -0.4 is 5.32 Å². The lowest BCUT2D eigenvalue weighted by molar-refractivity contribution is -0.142. The summed E-state index contributed by atoms with van der Waals surface area (Å²) in [4.78, 5) is 29.2. The number of hydrogen-bond acceptors (Lipinski definition) is 3. The first-order valence-electron chi connectivity index (χ1n) is 9.64. The van der Waals surface area contributed by atoms with Crippen molar-refractivity contribution in [3.8, 4) is 0 Å². The smallest absolute Gasteiger partial charge is 0.234 e. The third-order valence-electron chi connectivity index (χ3n) is 5.96. The average Bonchev–Trinajstić information content (AvgIpc) is 3.38. The Morgan fingerprint density at radius 1 is 1.15 bits per heavy atom. The number of halogens is 1.